The Morgan fingerprint density at radius 1 is 1.24 bits per heavy atom. The Labute approximate surface area is 174 Å². The van der Waals surface area contributed by atoms with Gasteiger partial charge in [0.15, 0.2) is 0 Å². The molecule has 6 nitrogen and oxygen atoms in total. The van der Waals surface area contributed by atoms with Crippen molar-refractivity contribution in [3.05, 3.63) is 52.0 Å². The fourth-order valence-corrected chi connectivity index (χ4v) is 4.39. The summed E-state index contributed by atoms with van der Waals surface area (Å²) in [6, 6.07) is 3.52. The third-order valence-corrected chi connectivity index (χ3v) is 6.42. The van der Waals surface area contributed by atoms with Crippen molar-refractivity contribution in [3.8, 4) is 0 Å². The van der Waals surface area contributed by atoms with Crippen molar-refractivity contribution in [3.63, 3.8) is 0 Å². The molecule has 1 atom stereocenters. The Morgan fingerprint density at radius 3 is 2.52 bits per heavy atom. The summed E-state index contributed by atoms with van der Waals surface area (Å²) in [5, 5.41) is -0.0606. The van der Waals surface area contributed by atoms with E-state index in [1.165, 1.54) is 10.6 Å². The highest BCUT2D eigenvalue weighted by Crippen LogP contribution is 2.32. The normalized spacial score (nSPS) is 13.8. The molecule has 29 heavy (non-hydrogen) atoms. The molecule has 0 fully saturated rings. The first-order valence-electron chi connectivity index (χ1n) is 8.34. The molecule has 0 saturated heterocycles. The summed E-state index contributed by atoms with van der Waals surface area (Å²) in [7, 11) is -4.03. The summed E-state index contributed by atoms with van der Waals surface area (Å²) in [6.45, 7) is 3.57. The monoisotopic (exact) mass is 466 g/mol. The van der Waals surface area contributed by atoms with E-state index in [0.717, 1.165) is 24.4 Å². The van der Waals surface area contributed by atoms with Gasteiger partial charge in [0.2, 0.25) is 10.0 Å². The van der Waals surface area contributed by atoms with Crippen LogP contribution in [-0.4, -0.2) is 23.0 Å². The number of sulfonamides is 1. The van der Waals surface area contributed by atoms with Crippen LogP contribution >= 0.6 is 23.2 Å². The minimum Gasteiger partial charge on any atom is -0.327 e. The zero-order chi connectivity index (χ0) is 21.6. The molecule has 0 radical (unpaired) electrons. The standard InChI is InChI=1S/C17H15Cl2F3N4O2S/c1-3-26-14-6-10(17(20,21)22)4-5-13(14)24-16(26)9(2)25-29(27,28)11-7-12(18)15(19)23-8-11/h4-9,25H,3H2,1-2H3/t9-/m1/s1. The molecule has 0 amide bonds. The predicted molar refractivity (Wildman–Crippen MR) is 103 cm³/mol. The molecule has 0 aliphatic carbocycles. The van der Waals surface area contributed by atoms with Gasteiger partial charge in [0.05, 0.1) is 27.7 Å². The molecular weight excluding hydrogens is 452 g/mol. The number of hydrogen-bond donors (Lipinski definition) is 1. The number of imidazole rings is 1. The number of benzene rings is 1. The Bertz CT molecular complexity index is 1180. The van der Waals surface area contributed by atoms with E-state index in [-0.39, 0.29) is 26.4 Å². The maximum atomic E-state index is 13.0. The minimum atomic E-state index is -4.49. The van der Waals surface area contributed by atoms with E-state index in [4.69, 9.17) is 23.2 Å². The highest BCUT2D eigenvalue weighted by Gasteiger charge is 2.31. The van der Waals surface area contributed by atoms with Gasteiger partial charge in [0.1, 0.15) is 15.9 Å². The van der Waals surface area contributed by atoms with Gasteiger partial charge in [0, 0.05) is 12.7 Å². The average molecular weight is 467 g/mol. The predicted octanol–water partition coefficient (Wildman–Crippen LogP) is 4.82. The van der Waals surface area contributed by atoms with Crippen molar-refractivity contribution in [1.82, 2.24) is 19.3 Å². The van der Waals surface area contributed by atoms with Crippen LogP contribution in [0, 0.1) is 0 Å². The van der Waals surface area contributed by atoms with Crippen LogP contribution in [0.3, 0.4) is 0 Å². The average Bonchev–Trinajstić information content (AvgIpc) is 3.00. The largest absolute Gasteiger partial charge is 0.416 e. The Balaban J connectivity index is 2.00. The van der Waals surface area contributed by atoms with Gasteiger partial charge in [-0.05, 0) is 38.1 Å². The van der Waals surface area contributed by atoms with Crippen molar-refractivity contribution in [2.24, 2.45) is 0 Å². The van der Waals surface area contributed by atoms with Gasteiger partial charge >= 0.3 is 6.18 Å². The fourth-order valence-electron chi connectivity index (χ4n) is 2.88. The number of alkyl halides is 3. The van der Waals surface area contributed by atoms with Gasteiger partial charge in [-0.25, -0.2) is 23.1 Å². The van der Waals surface area contributed by atoms with Gasteiger partial charge in [0.25, 0.3) is 0 Å². The lowest BCUT2D eigenvalue weighted by Gasteiger charge is -2.16. The number of aromatic nitrogens is 3. The minimum absolute atomic E-state index is 0.0253. The molecule has 3 rings (SSSR count). The van der Waals surface area contributed by atoms with E-state index in [1.54, 1.807) is 13.8 Å². The molecule has 0 saturated carbocycles. The van der Waals surface area contributed by atoms with E-state index in [9.17, 15) is 21.6 Å². The molecule has 1 aromatic carbocycles. The Kier molecular flexibility index (Phi) is 5.83. The zero-order valence-corrected chi connectivity index (χ0v) is 17.5. The molecule has 0 unspecified atom stereocenters. The quantitative estimate of drug-likeness (QED) is 0.547. The number of nitrogens with zero attached hydrogens (tertiary/aromatic N) is 3. The zero-order valence-electron chi connectivity index (χ0n) is 15.1. The lowest BCUT2D eigenvalue weighted by molar-refractivity contribution is -0.137. The number of pyridine rings is 1. The molecule has 2 heterocycles. The van der Waals surface area contributed by atoms with Crippen molar-refractivity contribution in [2.45, 2.75) is 37.5 Å². The van der Waals surface area contributed by atoms with E-state index in [2.05, 4.69) is 14.7 Å². The van der Waals surface area contributed by atoms with Crippen LogP contribution in [0.25, 0.3) is 11.0 Å². The summed E-state index contributed by atoms with van der Waals surface area (Å²) in [4.78, 5) is 7.84. The van der Waals surface area contributed by atoms with Crippen LogP contribution in [0.4, 0.5) is 13.2 Å². The van der Waals surface area contributed by atoms with Gasteiger partial charge < -0.3 is 4.57 Å². The SMILES string of the molecule is CCn1c([C@@H](C)NS(=O)(=O)c2cnc(Cl)c(Cl)c2)nc2ccc(C(F)(F)F)cc21. The van der Waals surface area contributed by atoms with Gasteiger partial charge in [-0.15, -0.1) is 0 Å². The summed E-state index contributed by atoms with van der Waals surface area (Å²) in [5.41, 5.74) is -0.210. The van der Waals surface area contributed by atoms with Gasteiger partial charge in [-0.3, -0.25) is 0 Å². The molecule has 1 N–H and O–H groups in total. The highest BCUT2D eigenvalue weighted by molar-refractivity contribution is 7.89. The topological polar surface area (TPSA) is 76.9 Å². The fraction of sp³-hybridized carbons (Fsp3) is 0.294. The second-order valence-corrected chi connectivity index (χ2v) is 8.68. The maximum absolute atomic E-state index is 13.0. The lowest BCUT2D eigenvalue weighted by Crippen LogP contribution is -2.29. The number of nitrogens with one attached hydrogen (secondary N) is 1. The maximum Gasteiger partial charge on any atom is 0.416 e. The number of aryl methyl sites for hydroxylation is 1. The number of halogens is 5. The summed E-state index contributed by atoms with van der Waals surface area (Å²) < 4.78 is 68.4. The van der Waals surface area contributed by atoms with E-state index in [1.807, 2.05) is 0 Å². The Morgan fingerprint density at radius 2 is 1.93 bits per heavy atom. The van der Waals surface area contributed by atoms with Gasteiger partial charge in [-0.2, -0.15) is 13.2 Å². The first kappa shape index (κ1) is 21.8. The highest BCUT2D eigenvalue weighted by atomic mass is 35.5. The van der Waals surface area contributed by atoms with Crippen LogP contribution in [0.15, 0.2) is 35.4 Å². The molecule has 0 spiro atoms. The van der Waals surface area contributed by atoms with Crippen LogP contribution in [0.1, 0.15) is 31.3 Å². The summed E-state index contributed by atoms with van der Waals surface area (Å²) in [5.74, 6) is 0.276. The van der Waals surface area contributed by atoms with Gasteiger partial charge in [-0.1, -0.05) is 23.2 Å². The molecule has 156 valence electrons. The number of rotatable bonds is 5. The molecule has 0 bridgehead atoms. The lowest BCUT2D eigenvalue weighted by atomic mass is 10.2. The second kappa shape index (κ2) is 7.75. The van der Waals surface area contributed by atoms with E-state index >= 15 is 0 Å². The van der Waals surface area contributed by atoms with E-state index in [0.29, 0.717) is 12.1 Å². The molecule has 3 aromatic rings. The molecule has 12 heteroatoms. The third kappa shape index (κ3) is 4.35. The van der Waals surface area contributed by atoms with Crippen LogP contribution in [-0.2, 0) is 22.7 Å². The number of fused-ring (bicyclic) bond motifs is 1. The Hall–Kier alpha value is -1.88. The second-order valence-electron chi connectivity index (χ2n) is 6.20. The number of hydrogen-bond acceptors (Lipinski definition) is 4. The third-order valence-electron chi connectivity index (χ3n) is 4.22. The van der Waals surface area contributed by atoms with Crippen LogP contribution < -0.4 is 4.72 Å². The van der Waals surface area contributed by atoms with Crippen molar-refractivity contribution >= 4 is 44.3 Å². The molecule has 2 aromatic heterocycles. The first-order chi connectivity index (χ1) is 13.4. The summed E-state index contributed by atoms with van der Waals surface area (Å²) in [6.07, 6.45) is -3.44. The smallest absolute Gasteiger partial charge is 0.327 e. The van der Waals surface area contributed by atoms with E-state index < -0.39 is 27.8 Å². The molecule has 0 aliphatic heterocycles. The van der Waals surface area contributed by atoms with Crippen molar-refractivity contribution in [1.29, 1.82) is 0 Å². The van der Waals surface area contributed by atoms with Crippen molar-refractivity contribution in [2.75, 3.05) is 0 Å². The van der Waals surface area contributed by atoms with Crippen molar-refractivity contribution < 1.29 is 21.6 Å². The molecular formula is C17H15Cl2F3N4O2S. The molecule has 0 aliphatic rings. The van der Waals surface area contributed by atoms with Crippen LogP contribution in [0.5, 0.6) is 0 Å². The van der Waals surface area contributed by atoms with Crippen LogP contribution in [0.2, 0.25) is 10.2 Å². The first-order valence-corrected chi connectivity index (χ1v) is 10.6. The summed E-state index contributed by atoms with van der Waals surface area (Å²) >= 11 is 11.5.